The van der Waals surface area contributed by atoms with Crippen molar-refractivity contribution in [2.45, 2.75) is 13.0 Å². The van der Waals surface area contributed by atoms with E-state index in [1.807, 2.05) is 30.3 Å². The van der Waals surface area contributed by atoms with Crippen LogP contribution in [0.5, 0.6) is 0 Å². The van der Waals surface area contributed by atoms with Crippen molar-refractivity contribution in [2.24, 2.45) is 0 Å². The Labute approximate surface area is 129 Å². The number of hydrogen-bond acceptors (Lipinski definition) is 4. The number of carbonyl (C=O) groups is 2. The van der Waals surface area contributed by atoms with Crippen LogP contribution in [0.4, 0.5) is 4.79 Å². The van der Waals surface area contributed by atoms with Crippen LogP contribution in [-0.4, -0.2) is 48.0 Å². The van der Waals surface area contributed by atoms with E-state index in [-0.39, 0.29) is 17.7 Å². The molecule has 0 atom stereocenters. The van der Waals surface area contributed by atoms with Gasteiger partial charge in [-0.3, -0.25) is 9.59 Å². The van der Waals surface area contributed by atoms with Crippen LogP contribution in [0.3, 0.4) is 0 Å². The van der Waals surface area contributed by atoms with Gasteiger partial charge in [0.15, 0.2) is 0 Å². The highest BCUT2D eigenvalue weighted by Gasteiger charge is 2.22. The van der Waals surface area contributed by atoms with Crippen LogP contribution in [-0.2, 0) is 16.1 Å². The molecule has 0 aliphatic carbocycles. The van der Waals surface area contributed by atoms with Gasteiger partial charge in [0.05, 0.1) is 6.61 Å². The van der Waals surface area contributed by atoms with Crippen LogP contribution in [0.15, 0.2) is 30.3 Å². The number of carbonyl (C=O) groups excluding carboxylic acids is 2. The van der Waals surface area contributed by atoms with Crippen LogP contribution in [0.2, 0.25) is 0 Å². The predicted molar refractivity (Wildman–Crippen MR) is 83.2 cm³/mol. The molecule has 1 aromatic carbocycles. The van der Waals surface area contributed by atoms with Gasteiger partial charge in [-0.25, -0.2) is 0 Å². The third-order valence-corrected chi connectivity index (χ3v) is 3.97. The molecule has 1 N–H and O–H groups in total. The number of amides is 2. The first-order valence-corrected chi connectivity index (χ1v) is 8.04. The lowest BCUT2D eigenvalue weighted by Crippen LogP contribution is -2.37. The summed E-state index contributed by atoms with van der Waals surface area (Å²) in [4.78, 5) is 24.6. The zero-order chi connectivity index (χ0) is 14.9. The fourth-order valence-corrected chi connectivity index (χ4v) is 2.79. The highest BCUT2D eigenvalue weighted by atomic mass is 32.2. The molecule has 1 fully saturated rings. The van der Waals surface area contributed by atoms with Gasteiger partial charge in [-0.1, -0.05) is 42.1 Å². The van der Waals surface area contributed by atoms with Gasteiger partial charge < -0.3 is 15.0 Å². The van der Waals surface area contributed by atoms with Gasteiger partial charge in [0.1, 0.15) is 6.54 Å². The Kier molecular flexibility index (Phi) is 6.56. The molecule has 1 heterocycles. The van der Waals surface area contributed by atoms with E-state index in [1.165, 1.54) is 11.8 Å². The molecule has 0 radical (unpaired) electrons. The minimum Gasteiger partial charge on any atom is -0.377 e. The fourth-order valence-electron chi connectivity index (χ4n) is 1.96. The monoisotopic (exact) mass is 308 g/mol. The summed E-state index contributed by atoms with van der Waals surface area (Å²) in [6, 6.07) is 9.98. The number of rotatable bonds is 8. The summed E-state index contributed by atoms with van der Waals surface area (Å²) in [6.07, 6.45) is 0.765. The summed E-state index contributed by atoms with van der Waals surface area (Å²) in [5.41, 5.74) is 1.14. The maximum Gasteiger partial charge on any atom is 0.282 e. The third kappa shape index (κ3) is 5.77. The Morgan fingerprint density at radius 3 is 2.86 bits per heavy atom. The van der Waals surface area contributed by atoms with Gasteiger partial charge in [0, 0.05) is 25.4 Å². The molecule has 0 bridgehead atoms. The average molecular weight is 308 g/mol. The number of ether oxygens (including phenoxy) is 1. The molecule has 5 nitrogen and oxygen atoms in total. The van der Waals surface area contributed by atoms with Crippen molar-refractivity contribution in [3.05, 3.63) is 35.9 Å². The van der Waals surface area contributed by atoms with E-state index in [0.717, 1.165) is 17.7 Å². The van der Waals surface area contributed by atoms with E-state index in [2.05, 4.69) is 5.32 Å². The third-order valence-electron chi connectivity index (χ3n) is 3.08. The molecule has 21 heavy (non-hydrogen) atoms. The second-order valence-electron chi connectivity index (χ2n) is 4.78. The van der Waals surface area contributed by atoms with E-state index in [1.54, 1.807) is 4.90 Å². The molecule has 2 rings (SSSR count). The lowest BCUT2D eigenvalue weighted by molar-refractivity contribution is -0.121. The summed E-state index contributed by atoms with van der Waals surface area (Å²) in [6.45, 7) is 2.60. The Morgan fingerprint density at radius 2 is 2.14 bits per heavy atom. The van der Waals surface area contributed by atoms with E-state index in [4.69, 9.17) is 4.74 Å². The molecule has 1 aliphatic rings. The number of nitrogens with zero attached hydrogens (tertiary/aromatic N) is 1. The molecule has 0 aromatic heterocycles. The van der Waals surface area contributed by atoms with Crippen LogP contribution in [0, 0.1) is 0 Å². The number of benzene rings is 1. The molecular formula is C15H20N2O3S. The molecule has 0 unspecified atom stereocenters. The van der Waals surface area contributed by atoms with Crippen LogP contribution < -0.4 is 5.32 Å². The maximum absolute atomic E-state index is 11.6. The highest BCUT2D eigenvalue weighted by molar-refractivity contribution is 8.13. The second-order valence-corrected chi connectivity index (χ2v) is 5.82. The van der Waals surface area contributed by atoms with E-state index < -0.39 is 0 Å². The quantitative estimate of drug-likeness (QED) is 0.745. The van der Waals surface area contributed by atoms with Gasteiger partial charge in [0.25, 0.3) is 5.24 Å². The summed E-state index contributed by atoms with van der Waals surface area (Å²) < 4.78 is 5.53. The van der Waals surface area contributed by atoms with Gasteiger partial charge in [-0.2, -0.15) is 0 Å². The van der Waals surface area contributed by atoms with Crippen molar-refractivity contribution < 1.29 is 14.3 Å². The predicted octanol–water partition coefficient (Wildman–Crippen LogP) is 1.88. The van der Waals surface area contributed by atoms with Crippen molar-refractivity contribution in [3.63, 3.8) is 0 Å². The smallest absolute Gasteiger partial charge is 0.282 e. The molecule has 1 aromatic rings. The number of nitrogens with one attached hydrogen (secondary N) is 1. The lowest BCUT2D eigenvalue weighted by atomic mass is 10.2. The van der Waals surface area contributed by atoms with Crippen molar-refractivity contribution in [1.29, 1.82) is 0 Å². The summed E-state index contributed by atoms with van der Waals surface area (Å²) in [5, 5.41) is 2.80. The molecule has 0 spiro atoms. The first-order chi connectivity index (χ1) is 10.3. The largest absolute Gasteiger partial charge is 0.377 e. The van der Waals surface area contributed by atoms with Crippen LogP contribution in [0.1, 0.15) is 12.0 Å². The van der Waals surface area contributed by atoms with E-state index in [9.17, 15) is 9.59 Å². The van der Waals surface area contributed by atoms with Crippen LogP contribution in [0.25, 0.3) is 0 Å². The van der Waals surface area contributed by atoms with Crippen molar-refractivity contribution in [2.75, 3.05) is 32.0 Å². The SMILES string of the molecule is O=C(CN1CCSC1=O)NCCCOCc1ccccc1. The molecule has 1 saturated heterocycles. The standard InChI is InChI=1S/C15H20N2O3S/c18-14(11-17-8-10-21-15(17)19)16-7-4-9-20-12-13-5-2-1-3-6-13/h1-3,5-6H,4,7-12H2,(H,16,18). The van der Waals surface area contributed by atoms with Gasteiger partial charge in [-0.15, -0.1) is 0 Å². The van der Waals surface area contributed by atoms with Gasteiger partial charge >= 0.3 is 0 Å². The topological polar surface area (TPSA) is 58.6 Å². The molecule has 0 saturated carbocycles. The Hall–Kier alpha value is -1.53. The minimum absolute atomic E-state index is 0.00338. The van der Waals surface area contributed by atoms with Crippen molar-refractivity contribution in [3.8, 4) is 0 Å². The Bertz CT molecular complexity index is 467. The van der Waals surface area contributed by atoms with Crippen molar-refractivity contribution >= 4 is 22.9 Å². The summed E-state index contributed by atoms with van der Waals surface area (Å²) in [5.74, 6) is 0.674. The number of thioether (sulfide) groups is 1. The van der Waals surface area contributed by atoms with Crippen LogP contribution >= 0.6 is 11.8 Å². The van der Waals surface area contributed by atoms with Gasteiger partial charge in [0.2, 0.25) is 5.91 Å². The lowest BCUT2D eigenvalue weighted by Gasteiger charge is -2.13. The summed E-state index contributed by atoms with van der Waals surface area (Å²) >= 11 is 1.27. The summed E-state index contributed by atoms with van der Waals surface area (Å²) in [7, 11) is 0. The van der Waals surface area contributed by atoms with E-state index >= 15 is 0 Å². The number of hydrogen-bond donors (Lipinski definition) is 1. The van der Waals surface area contributed by atoms with Gasteiger partial charge in [-0.05, 0) is 12.0 Å². The maximum atomic E-state index is 11.6. The van der Waals surface area contributed by atoms with E-state index in [0.29, 0.717) is 26.3 Å². The zero-order valence-electron chi connectivity index (χ0n) is 11.9. The normalized spacial score (nSPS) is 14.5. The first-order valence-electron chi connectivity index (χ1n) is 7.06. The second kappa shape index (κ2) is 8.69. The average Bonchev–Trinajstić information content (AvgIpc) is 2.89. The first kappa shape index (κ1) is 15.9. The minimum atomic E-state index is -0.103. The molecule has 2 amide bonds. The molecule has 114 valence electrons. The fraction of sp³-hybridized carbons (Fsp3) is 0.467. The molecule has 6 heteroatoms. The molecule has 1 aliphatic heterocycles. The molecular weight excluding hydrogens is 288 g/mol. The zero-order valence-corrected chi connectivity index (χ0v) is 12.7. The Morgan fingerprint density at radius 1 is 1.33 bits per heavy atom. The Balaban J connectivity index is 1.49. The van der Waals surface area contributed by atoms with Crippen molar-refractivity contribution in [1.82, 2.24) is 10.2 Å². The highest BCUT2D eigenvalue weighted by Crippen LogP contribution is 2.16.